The second-order valence-electron chi connectivity index (χ2n) is 14.3. The van der Waals surface area contributed by atoms with Crippen molar-refractivity contribution in [3.8, 4) is 0 Å². The van der Waals surface area contributed by atoms with E-state index in [2.05, 4.69) is 26.3 Å². The van der Waals surface area contributed by atoms with Crippen molar-refractivity contribution in [3.63, 3.8) is 0 Å². The van der Waals surface area contributed by atoms with E-state index >= 15 is 0 Å². The van der Waals surface area contributed by atoms with Gasteiger partial charge in [-0.2, -0.15) is 0 Å². The molecule has 0 bridgehead atoms. The third kappa shape index (κ3) is 8.96. The number of benzene rings is 1. The lowest BCUT2D eigenvalue weighted by Crippen LogP contribution is -2.62. The number of piperidine rings is 1. The highest BCUT2D eigenvalue weighted by molar-refractivity contribution is 7.13. The van der Waals surface area contributed by atoms with Crippen LogP contribution in [0.1, 0.15) is 57.9 Å². The molecule has 4 saturated heterocycles. The summed E-state index contributed by atoms with van der Waals surface area (Å²) in [6.07, 6.45) is 3.30. The summed E-state index contributed by atoms with van der Waals surface area (Å²) in [6, 6.07) is 3.02. The molecular weight excluding hydrogens is 705 g/mol. The van der Waals surface area contributed by atoms with Gasteiger partial charge in [0.05, 0.1) is 6.04 Å². The number of aliphatic hydroxyl groups excluding tert-OH is 1. The quantitative estimate of drug-likeness (QED) is 0.182. The van der Waals surface area contributed by atoms with Crippen LogP contribution < -0.4 is 21.3 Å². The molecule has 6 rings (SSSR count). The van der Waals surface area contributed by atoms with E-state index in [0.29, 0.717) is 43.8 Å². The largest absolute Gasteiger partial charge is 0.461 e. The molecule has 2 aromatic rings. The normalized spacial score (nSPS) is 28.4. The Hall–Kier alpha value is -4.61. The summed E-state index contributed by atoms with van der Waals surface area (Å²) in [7, 11) is 0. The van der Waals surface area contributed by atoms with E-state index in [1.807, 2.05) is 37.3 Å². The summed E-state index contributed by atoms with van der Waals surface area (Å²) in [4.78, 5) is 92.1. The number of aliphatic hydroxyl groups is 1. The average Bonchev–Trinajstić information content (AvgIpc) is 3.94. The molecule has 5 N–H and O–H groups in total. The number of aromatic nitrogens is 1. The summed E-state index contributed by atoms with van der Waals surface area (Å²) in [5.74, 6) is -3.34. The number of carbonyl (C=O) groups is 6. The molecule has 0 saturated carbocycles. The number of hydrogen-bond donors (Lipinski definition) is 5. The Morgan fingerprint density at radius 2 is 1.70 bits per heavy atom. The van der Waals surface area contributed by atoms with E-state index in [4.69, 9.17) is 4.74 Å². The number of carbonyl (C=O) groups excluding carboxylic acids is 6. The van der Waals surface area contributed by atoms with Crippen LogP contribution in [0.2, 0.25) is 0 Å². The van der Waals surface area contributed by atoms with E-state index < -0.39 is 78.8 Å². The van der Waals surface area contributed by atoms with Crippen molar-refractivity contribution >= 4 is 52.0 Å². The van der Waals surface area contributed by atoms with Crippen LogP contribution in [0.15, 0.2) is 41.9 Å². The molecule has 1 aromatic carbocycles. The third-order valence-corrected chi connectivity index (χ3v) is 11.1. The molecule has 4 aliphatic heterocycles. The van der Waals surface area contributed by atoms with E-state index in [1.54, 1.807) is 18.5 Å². The van der Waals surface area contributed by atoms with Gasteiger partial charge in [-0.1, -0.05) is 37.3 Å². The standard InChI is InChI=1S/C36H48N8O8S/c1-21-17-28-34(50)52-20-25(39-29(45)24(18-23-9-4-3-5-10-23)40-35(51)41-36-37-13-16-53-36)32(48)43-15-8-12-27(43)33(49)42-14-7-6-11-26(42)30(46)38-22(2)31(47)44(28)19-21/h3-5,9-10,13,16,21-22,24-28,35,40,51H,6-8,11-12,14-15,17-20H2,1-2H3,(H,37,41)(H,38,46)(H,39,45)/t21-,22+,24+,25+,26+,27+,28+,35?/m1/s1. The van der Waals surface area contributed by atoms with Crippen LogP contribution >= 0.6 is 11.3 Å². The van der Waals surface area contributed by atoms with Gasteiger partial charge in [0.1, 0.15) is 36.8 Å². The first-order valence-electron chi connectivity index (χ1n) is 18.3. The fourth-order valence-electron chi connectivity index (χ4n) is 7.71. The van der Waals surface area contributed by atoms with Gasteiger partial charge in [-0.25, -0.2) is 9.78 Å². The fourth-order valence-corrected chi connectivity index (χ4v) is 8.26. The second-order valence-corrected chi connectivity index (χ2v) is 15.2. The number of fused-ring (bicyclic) bond motifs is 3. The van der Waals surface area contributed by atoms with Crippen molar-refractivity contribution < 1.29 is 38.6 Å². The average molecular weight is 753 g/mol. The molecule has 5 heterocycles. The molecule has 0 radical (unpaired) electrons. The van der Waals surface area contributed by atoms with Crippen LogP contribution in [-0.4, -0.2) is 129 Å². The van der Waals surface area contributed by atoms with Crippen LogP contribution in [-0.2, 0) is 39.9 Å². The van der Waals surface area contributed by atoms with Crippen molar-refractivity contribution in [2.75, 3.05) is 31.6 Å². The van der Waals surface area contributed by atoms with Gasteiger partial charge in [0, 0.05) is 31.2 Å². The molecular formula is C36H48N8O8S. The Morgan fingerprint density at radius 1 is 0.962 bits per heavy atom. The van der Waals surface area contributed by atoms with E-state index in [9.17, 15) is 33.9 Å². The Morgan fingerprint density at radius 3 is 2.45 bits per heavy atom. The van der Waals surface area contributed by atoms with Crippen LogP contribution in [0.5, 0.6) is 0 Å². The van der Waals surface area contributed by atoms with Crippen LogP contribution in [0.25, 0.3) is 0 Å². The Kier molecular flexibility index (Phi) is 12.2. The highest BCUT2D eigenvalue weighted by Gasteiger charge is 2.46. The third-order valence-electron chi connectivity index (χ3n) is 10.4. The molecule has 1 aromatic heterocycles. The topological polar surface area (TPSA) is 203 Å². The Bertz CT molecular complexity index is 1650. The number of hydrogen-bond acceptors (Lipinski definition) is 12. The lowest BCUT2D eigenvalue weighted by Gasteiger charge is -2.39. The van der Waals surface area contributed by atoms with Crippen molar-refractivity contribution in [3.05, 3.63) is 47.5 Å². The first-order chi connectivity index (χ1) is 25.5. The predicted octanol–water partition coefficient (Wildman–Crippen LogP) is 0.187. The maximum atomic E-state index is 14.4. The number of esters is 1. The lowest BCUT2D eigenvalue weighted by molar-refractivity contribution is -0.158. The molecule has 17 heteroatoms. The number of rotatable bonds is 8. The molecule has 4 fully saturated rings. The van der Waals surface area contributed by atoms with Crippen molar-refractivity contribution in [2.45, 2.75) is 101 Å². The molecule has 53 heavy (non-hydrogen) atoms. The maximum Gasteiger partial charge on any atom is 0.328 e. The number of cyclic esters (lactones) is 1. The van der Waals surface area contributed by atoms with Gasteiger partial charge in [-0.15, -0.1) is 11.3 Å². The number of thiazole rings is 1. The zero-order chi connectivity index (χ0) is 37.6. The zero-order valence-electron chi connectivity index (χ0n) is 29.9. The van der Waals surface area contributed by atoms with Crippen LogP contribution in [0, 0.1) is 5.92 Å². The zero-order valence-corrected chi connectivity index (χ0v) is 30.8. The molecule has 5 amide bonds. The van der Waals surface area contributed by atoms with Crippen molar-refractivity contribution in [1.29, 1.82) is 0 Å². The summed E-state index contributed by atoms with van der Waals surface area (Å²) < 4.78 is 5.74. The van der Waals surface area contributed by atoms with E-state index in [1.165, 1.54) is 26.0 Å². The number of nitrogens with one attached hydrogen (secondary N) is 4. The fraction of sp³-hybridized carbons (Fsp3) is 0.583. The molecule has 286 valence electrons. The van der Waals surface area contributed by atoms with E-state index in [0.717, 1.165) is 12.0 Å². The monoisotopic (exact) mass is 752 g/mol. The highest BCUT2D eigenvalue weighted by Crippen LogP contribution is 2.28. The van der Waals surface area contributed by atoms with E-state index in [-0.39, 0.29) is 31.3 Å². The predicted molar refractivity (Wildman–Crippen MR) is 193 cm³/mol. The van der Waals surface area contributed by atoms with Gasteiger partial charge in [0.25, 0.3) is 0 Å². The highest BCUT2D eigenvalue weighted by atomic mass is 32.1. The van der Waals surface area contributed by atoms with Gasteiger partial charge in [0.15, 0.2) is 11.5 Å². The summed E-state index contributed by atoms with van der Waals surface area (Å²) in [6.45, 7) is 3.74. The molecule has 16 nitrogen and oxygen atoms in total. The number of ether oxygens (including phenoxy) is 1. The van der Waals surface area contributed by atoms with Crippen LogP contribution in [0.4, 0.5) is 5.13 Å². The first kappa shape index (κ1) is 38.1. The maximum absolute atomic E-state index is 14.4. The summed E-state index contributed by atoms with van der Waals surface area (Å²) >= 11 is 1.26. The van der Waals surface area contributed by atoms with Gasteiger partial charge < -0.3 is 40.5 Å². The Balaban J connectivity index is 1.29. The minimum absolute atomic E-state index is 0.0373. The van der Waals surface area contributed by atoms with Crippen molar-refractivity contribution in [1.82, 2.24) is 35.6 Å². The van der Waals surface area contributed by atoms with Gasteiger partial charge >= 0.3 is 5.97 Å². The molecule has 0 aliphatic carbocycles. The summed E-state index contributed by atoms with van der Waals surface area (Å²) in [5, 5.41) is 24.2. The first-order valence-corrected chi connectivity index (χ1v) is 19.2. The Labute approximate surface area is 312 Å². The van der Waals surface area contributed by atoms with Crippen molar-refractivity contribution in [2.24, 2.45) is 5.92 Å². The van der Waals surface area contributed by atoms with Crippen LogP contribution in [0.3, 0.4) is 0 Å². The smallest absolute Gasteiger partial charge is 0.328 e. The minimum atomic E-state index is -1.40. The molecule has 0 spiro atoms. The van der Waals surface area contributed by atoms with Gasteiger partial charge in [-0.05, 0) is 63.4 Å². The van der Waals surface area contributed by atoms with Gasteiger partial charge in [-0.3, -0.25) is 29.3 Å². The lowest BCUT2D eigenvalue weighted by atomic mass is 9.99. The second kappa shape index (κ2) is 17.0. The van der Waals surface area contributed by atoms with Gasteiger partial charge in [0.2, 0.25) is 29.5 Å². The summed E-state index contributed by atoms with van der Waals surface area (Å²) in [5.41, 5.74) is 0.775. The number of anilines is 1. The minimum Gasteiger partial charge on any atom is -0.461 e. The SMILES string of the molecule is C[C@@H]1C[C@H]2C(=O)OC[C@H](NC(=O)[C@H](Cc3ccccc3)NC(O)Nc3nccs3)C(=O)N3CCC[C@H]3C(=O)N3CCCC[C@H]3C(=O)N[C@@H](C)C(=O)N2C1. The number of nitrogens with zero attached hydrogens (tertiary/aromatic N) is 4. The molecule has 4 aliphatic rings. The molecule has 1 unspecified atom stereocenters. The molecule has 8 atom stereocenters. The number of amides is 5.